The molecule has 0 radical (unpaired) electrons. The zero-order chi connectivity index (χ0) is 15.4. The lowest BCUT2D eigenvalue weighted by molar-refractivity contribution is 0.0955. The lowest BCUT2D eigenvalue weighted by Gasteiger charge is -2.07. The average Bonchev–Trinajstić information content (AvgIpc) is 2.93. The third-order valence-electron chi connectivity index (χ3n) is 2.88. The second-order valence-electron chi connectivity index (χ2n) is 4.36. The van der Waals surface area contributed by atoms with Gasteiger partial charge in [0.25, 0.3) is 11.8 Å². The van der Waals surface area contributed by atoms with Crippen molar-refractivity contribution in [1.29, 1.82) is 0 Å². The minimum absolute atomic E-state index is 0.260. The molecule has 0 atom stereocenters. The van der Waals surface area contributed by atoms with Gasteiger partial charge in [-0.2, -0.15) is 5.10 Å². The Labute approximate surface area is 121 Å². The highest BCUT2D eigenvalue weighted by atomic mass is 16.2. The van der Waals surface area contributed by atoms with Crippen molar-refractivity contribution in [2.75, 3.05) is 12.4 Å². The number of aryl methyl sites for hydroxylation is 2. The van der Waals surface area contributed by atoms with E-state index in [4.69, 9.17) is 0 Å². The van der Waals surface area contributed by atoms with Crippen LogP contribution >= 0.6 is 0 Å². The molecule has 0 aromatic carbocycles. The molecule has 8 heteroatoms. The van der Waals surface area contributed by atoms with Crippen LogP contribution in [-0.2, 0) is 13.5 Å². The summed E-state index contributed by atoms with van der Waals surface area (Å²) in [5.41, 5.74) is 1.25. The van der Waals surface area contributed by atoms with Gasteiger partial charge in [0.15, 0.2) is 17.2 Å². The summed E-state index contributed by atoms with van der Waals surface area (Å²) >= 11 is 0. The van der Waals surface area contributed by atoms with Gasteiger partial charge in [-0.25, -0.2) is 0 Å². The lowest BCUT2D eigenvalue weighted by Crippen LogP contribution is -2.22. The summed E-state index contributed by atoms with van der Waals surface area (Å²) in [6, 6.07) is 3.24. The number of hydrogen-bond acceptors (Lipinski definition) is 5. The smallest absolute Gasteiger partial charge is 0.277 e. The van der Waals surface area contributed by atoms with Gasteiger partial charge in [-0.3, -0.25) is 14.3 Å². The first-order valence-corrected chi connectivity index (χ1v) is 6.44. The van der Waals surface area contributed by atoms with Crippen LogP contribution in [0.5, 0.6) is 0 Å². The highest BCUT2D eigenvalue weighted by molar-refractivity contribution is 6.02. The quantitative estimate of drug-likeness (QED) is 0.847. The predicted molar refractivity (Wildman–Crippen MR) is 76.0 cm³/mol. The second-order valence-corrected chi connectivity index (χ2v) is 4.36. The molecule has 21 heavy (non-hydrogen) atoms. The number of aromatic nitrogens is 4. The van der Waals surface area contributed by atoms with Crippen LogP contribution < -0.4 is 10.6 Å². The van der Waals surface area contributed by atoms with E-state index in [1.807, 2.05) is 6.92 Å². The highest BCUT2D eigenvalue weighted by Crippen LogP contribution is 2.12. The van der Waals surface area contributed by atoms with Gasteiger partial charge >= 0.3 is 0 Å². The zero-order valence-electron chi connectivity index (χ0n) is 12.0. The molecule has 0 unspecified atom stereocenters. The second kappa shape index (κ2) is 6.12. The maximum absolute atomic E-state index is 12.0. The van der Waals surface area contributed by atoms with Crippen LogP contribution in [0.2, 0.25) is 0 Å². The van der Waals surface area contributed by atoms with Crippen molar-refractivity contribution in [2.45, 2.75) is 13.3 Å². The summed E-state index contributed by atoms with van der Waals surface area (Å²) < 4.78 is 1.53. The molecule has 110 valence electrons. The summed E-state index contributed by atoms with van der Waals surface area (Å²) in [5, 5.41) is 16.8. The summed E-state index contributed by atoms with van der Waals surface area (Å²) in [5.74, 6) is -0.392. The van der Waals surface area contributed by atoms with Crippen molar-refractivity contribution in [3.05, 3.63) is 35.3 Å². The SMILES string of the molecule is CCc1cc(NC(=O)c2ccn(C)n2)nnc1C(=O)NC. The molecule has 0 bridgehead atoms. The van der Waals surface area contributed by atoms with E-state index in [1.54, 1.807) is 25.4 Å². The topological polar surface area (TPSA) is 102 Å². The fraction of sp³-hybridized carbons (Fsp3) is 0.308. The van der Waals surface area contributed by atoms with Crippen molar-refractivity contribution >= 4 is 17.6 Å². The van der Waals surface area contributed by atoms with Crippen LogP contribution in [-0.4, -0.2) is 38.8 Å². The number of hydrogen-bond donors (Lipinski definition) is 2. The number of carbonyl (C=O) groups excluding carboxylic acids is 2. The van der Waals surface area contributed by atoms with Gasteiger partial charge in [0.05, 0.1) is 0 Å². The molecule has 0 aliphatic rings. The molecule has 0 aliphatic heterocycles. The van der Waals surface area contributed by atoms with E-state index in [1.165, 1.54) is 11.7 Å². The van der Waals surface area contributed by atoms with Crippen LogP contribution in [0.15, 0.2) is 18.3 Å². The standard InChI is InChI=1S/C13H16N6O2/c1-4-8-7-10(16-17-11(8)13(21)14-2)15-12(20)9-5-6-19(3)18-9/h5-7H,4H2,1-3H3,(H,14,21)(H,15,16,20). The Kier molecular flexibility index (Phi) is 4.27. The van der Waals surface area contributed by atoms with Gasteiger partial charge in [0.2, 0.25) is 0 Å². The van der Waals surface area contributed by atoms with E-state index < -0.39 is 0 Å². The van der Waals surface area contributed by atoms with Crippen molar-refractivity contribution < 1.29 is 9.59 Å². The Morgan fingerprint density at radius 2 is 2.05 bits per heavy atom. The summed E-state index contributed by atoms with van der Waals surface area (Å²) in [4.78, 5) is 23.6. The Morgan fingerprint density at radius 3 is 2.62 bits per heavy atom. The number of rotatable bonds is 4. The van der Waals surface area contributed by atoms with Gasteiger partial charge in [-0.05, 0) is 24.1 Å². The maximum Gasteiger partial charge on any atom is 0.277 e. The number of anilines is 1. The molecule has 0 saturated carbocycles. The van der Waals surface area contributed by atoms with Crippen molar-refractivity contribution in [3.8, 4) is 0 Å². The number of amides is 2. The largest absolute Gasteiger partial charge is 0.354 e. The minimum atomic E-state index is -0.375. The van der Waals surface area contributed by atoms with Crippen molar-refractivity contribution in [3.63, 3.8) is 0 Å². The molecular weight excluding hydrogens is 272 g/mol. The minimum Gasteiger partial charge on any atom is -0.354 e. The fourth-order valence-corrected chi connectivity index (χ4v) is 1.79. The molecule has 8 nitrogen and oxygen atoms in total. The zero-order valence-corrected chi connectivity index (χ0v) is 12.0. The first kappa shape index (κ1) is 14.6. The van der Waals surface area contributed by atoms with Gasteiger partial charge in [-0.1, -0.05) is 6.92 Å². The van der Waals surface area contributed by atoms with E-state index in [-0.39, 0.29) is 29.0 Å². The average molecular weight is 288 g/mol. The monoisotopic (exact) mass is 288 g/mol. The summed E-state index contributed by atoms with van der Waals surface area (Å²) in [6.07, 6.45) is 2.28. The number of nitrogens with one attached hydrogen (secondary N) is 2. The first-order chi connectivity index (χ1) is 10.0. The molecule has 2 aromatic heterocycles. The number of carbonyl (C=O) groups is 2. The fourth-order valence-electron chi connectivity index (χ4n) is 1.79. The molecule has 2 aromatic rings. The number of nitrogens with zero attached hydrogens (tertiary/aromatic N) is 4. The molecule has 2 amide bonds. The highest BCUT2D eigenvalue weighted by Gasteiger charge is 2.15. The molecular formula is C13H16N6O2. The van der Waals surface area contributed by atoms with E-state index in [0.29, 0.717) is 12.0 Å². The summed E-state index contributed by atoms with van der Waals surface area (Å²) in [6.45, 7) is 1.90. The van der Waals surface area contributed by atoms with Gasteiger partial charge < -0.3 is 10.6 Å². The molecule has 0 aliphatic carbocycles. The maximum atomic E-state index is 12.0. The third kappa shape index (κ3) is 3.22. The molecule has 2 N–H and O–H groups in total. The van der Waals surface area contributed by atoms with Crippen LogP contribution in [0.1, 0.15) is 33.5 Å². The predicted octanol–water partition coefficient (Wildman–Crippen LogP) is 0.384. The molecule has 2 rings (SSSR count). The molecule has 0 saturated heterocycles. The molecule has 0 spiro atoms. The normalized spacial score (nSPS) is 10.2. The van der Waals surface area contributed by atoms with E-state index in [2.05, 4.69) is 25.9 Å². The van der Waals surface area contributed by atoms with Crippen LogP contribution in [0, 0.1) is 0 Å². The van der Waals surface area contributed by atoms with Crippen molar-refractivity contribution in [2.24, 2.45) is 7.05 Å². The van der Waals surface area contributed by atoms with Gasteiger partial charge in [0, 0.05) is 20.3 Å². The van der Waals surface area contributed by atoms with E-state index in [9.17, 15) is 9.59 Å². The van der Waals surface area contributed by atoms with Crippen LogP contribution in [0.3, 0.4) is 0 Å². The van der Waals surface area contributed by atoms with Gasteiger partial charge in [0.1, 0.15) is 0 Å². The van der Waals surface area contributed by atoms with Gasteiger partial charge in [-0.15, -0.1) is 10.2 Å². The Bertz CT molecular complexity index is 679. The molecule has 0 fully saturated rings. The third-order valence-corrected chi connectivity index (χ3v) is 2.88. The Balaban J connectivity index is 2.21. The van der Waals surface area contributed by atoms with Crippen LogP contribution in [0.4, 0.5) is 5.82 Å². The summed E-state index contributed by atoms with van der Waals surface area (Å²) in [7, 11) is 3.25. The molecule has 2 heterocycles. The first-order valence-electron chi connectivity index (χ1n) is 6.44. The van der Waals surface area contributed by atoms with E-state index >= 15 is 0 Å². The Morgan fingerprint density at radius 1 is 1.29 bits per heavy atom. The van der Waals surface area contributed by atoms with Crippen molar-refractivity contribution in [1.82, 2.24) is 25.3 Å². The lowest BCUT2D eigenvalue weighted by atomic mass is 10.1. The van der Waals surface area contributed by atoms with E-state index in [0.717, 1.165) is 0 Å². The Hall–Kier alpha value is -2.77. The van der Waals surface area contributed by atoms with Crippen LogP contribution in [0.25, 0.3) is 0 Å².